The van der Waals surface area contributed by atoms with E-state index in [9.17, 15) is 19.5 Å². The van der Waals surface area contributed by atoms with E-state index in [0.717, 1.165) is 0 Å². The van der Waals surface area contributed by atoms with Crippen LogP contribution in [0, 0.1) is 5.92 Å². The number of nitrogens with two attached hydrogens (primary N) is 1. The van der Waals surface area contributed by atoms with Crippen LogP contribution in [0.5, 0.6) is 0 Å². The highest BCUT2D eigenvalue weighted by Crippen LogP contribution is 2.16. The smallest absolute Gasteiger partial charge is 0.338 e. The van der Waals surface area contributed by atoms with Gasteiger partial charge in [0.2, 0.25) is 0 Å². The summed E-state index contributed by atoms with van der Waals surface area (Å²) in [6.45, 7) is 1.25. The van der Waals surface area contributed by atoms with E-state index in [1.54, 1.807) is 19.2 Å². The summed E-state index contributed by atoms with van der Waals surface area (Å²) in [6, 6.07) is 5.02. The molecule has 1 rings (SSSR count). The predicted molar refractivity (Wildman–Crippen MR) is 94.5 cm³/mol. The topological polar surface area (TPSA) is 145 Å². The molecule has 1 unspecified atom stereocenters. The number of carbonyl (C=O) groups excluding carboxylic acids is 1. The molecule has 0 amide bonds. The molecule has 0 saturated carbocycles. The summed E-state index contributed by atoms with van der Waals surface area (Å²) in [6.07, 6.45) is -0.0729. The van der Waals surface area contributed by atoms with E-state index < -0.39 is 29.9 Å². The molecule has 1 aromatic rings. The third-order valence-electron chi connectivity index (χ3n) is 3.77. The van der Waals surface area contributed by atoms with Gasteiger partial charge in [-0.15, -0.1) is 0 Å². The fourth-order valence-electron chi connectivity index (χ4n) is 2.26. The zero-order valence-electron chi connectivity index (χ0n) is 15.1. The van der Waals surface area contributed by atoms with Crippen LogP contribution in [0.3, 0.4) is 0 Å². The summed E-state index contributed by atoms with van der Waals surface area (Å²) in [4.78, 5) is 34.0. The largest absolute Gasteiger partial charge is 0.481 e. The molecule has 0 aliphatic carbocycles. The number of methoxy groups -OCH3 is 1. The Labute approximate surface area is 157 Å². The van der Waals surface area contributed by atoms with Crippen molar-refractivity contribution in [3.8, 4) is 0 Å². The van der Waals surface area contributed by atoms with Gasteiger partial charge in [-0.1, -0.05) is 12.1 Å². The number of esters is 1. The summed E-state index contributed by atoms with van der Waals surface area (Å²) >= 11 is 0. The van der Waals surface area contributed by atoms with Gasteiger partial charge in [0.15, 0.2) is 0 Å². The molecule has 0 fully saturated rings. The van der Waals surface area contributed by atoms with Crippen molar-refractivity contribution in [3.63, 3.8) is 0 Å². The van der Waals surface area contributed by atoms with Gasteiger partial charge in [0.05, 0.1) is 31.3 Å². The highest BCUT2D eigenvalue weighted by atomic mass is 16.6. The number of hydrogen-bond acceptors (Lipinski definition) is 7. The molecule has 9 nitrogen and oxygen atoms in total. The Morgan fingerprint density at radius 2 is 1.63 bits per heavy atom. The number of ether oxygens (including phenoxy) is 3. The first-order valence-electron chi connectivity index (χ1n) is 8.39. The average molecular weight is 383 g/mol. The second-order valence-electron chi connectivity index (χ2n) is 5.86. The molecule has 0 aromatic heterocycles. The first-order chi connectivity index (χ1) is 12.8. The van der Waals surface area contributed by atoms with Crippen molar-refractivity contribution in [1.82, 2.24) is 0 Å². The average Bonchev–Trinajstić information content (AvgIpc) is 2.64. The lowest BCUT2D eigenvalue weighted by Gasteiger charge is -2.15. The molecule has 9 heteroatoms. The lowest BCUT2D eigenvalue weighted by atomic mass is 9.92. The minimum absolute atomic E-state index is 0.110. The zero-order valence-corrected chi connectivity index (χ0v) is 15.1. The monoisotopic (exact) mass is 383 g/mol. The van der Waals surface area contributed by atoms with Crippen molar-refractivity contribution in [2.24, 2.45) is 11.7 Å². The Morgan fingerprint density at radius 1 is 1.00 bits per heavy atom. The third-order valence-corrected chi connectivity index (χ3v) is 3.77. The Kier molecular flexibility index (Phi) is 10.0. The van der Waals surface area contributed by atoms with Crippen molar-refractivity contribution in [1.29, 1.82) is 0 Å². The van der Waals surface area contributed by atoms with Crippen LogP contribution in [0.1, 0.15) is 22.3 Å². The number of benzene rings is 1. The van der Waals surface area contributed by atoms with Crippen LogP contribution in [0.4, 0.5) is 0 Å². The van der Waals surface area contributed by atoms with E-state index in [-0.39, 0.29) is 26.1 Å². The van der Waals surface area contributed by atoms with Crippen LogP contribution in [0.25, 0.3) is 0 Å². The summed E-state index contributed by atoms with van der Waals surface area (Å²) in [5, 5.41) is 18.1. The minimum atomic E-state index is -1.24. The highest BCUT2D eigenvalue weighted by molar-refractivity contribution is 5.89. The van der Waals surface area contributed by atoms with Gasteiger partial charge < -0.3 is 30.2 Å². The SMILES string of the molecule is COCCOCCOC(=O)c1ccc(CC(C[C@H](N)C(=O)O)C(=O)O)cc1. The number of hydrogen-bond donors (Lipinski definition) is 3. The summed E-state index contributed by atoms with van der Waals surface area (Å²) in [5.41, 5.74) is 6.39. The molecule has 0 aliphatic heterocycles. The maximum atomic E-state index is 11.9. The Morgan fingerprint density at radius 3 is 2.19 bits per heavy atom. The maximum absolute atomic E-state index is 11.9. The Balaban J connectivity index is 2.52. The van der Waals surface area contributed by atoms with Gasteiger partial charge in [-0.3, -0.25) is 9.59 Å². The molecule has 0 bridgehead atoms. The van der Waals surface area contributed by atoms with Gasteiger partial charge in [-0.2, -0.15) is 0 Å². The summed E-state index contributed by atoms with van der Waals surface area (Å²) in [5.74, 6) is -3.81. The number of carboxylic acid groups (broad SMARTS) is 2. The molecule has 0 spiro atoms. The van der Waals surface area contributed by atoms with Gasteiger partial charge >= 0.3 is 17.9 Å². The second kappa shape index (κ2) is 12.0. The van der Waals surface area contributed by atoms with Crippen molar-refractivity contribution in [3.05, 3.63) is 35.4 Å². The normalized spacial score (nSPS) is 13.0. The van der Waals surface area contributed by atoms with Gasteiger partial charge in [-0.05, 0) is 30.5 Å². The van der Waals surface area contributed by atoms with Crippen LogP contribution < -0.4 is 5.73 Å². The summed E-state index contributed by atoms with van der Waals surface area (Å²) in [7, 11) is 1.56. The Bertz CT molecular complexity index is 616. The first kappa shape index (κ1) is 22.6. The van der Waals surface area contributed by atoms with Gasteiger partial charge in [-0.25, -0.2) is 4.79 Å². The number of carbonyl (C=O) groups is 3. The maximum Gasteiger partial charge on any atom is 0.338 e. The predicted octanol–water partition coefficient (Wildman–Crippen LogP) is 0.552. The molecule has 0 heterocycles. The molecule has 4 N–H and O–H groups in total. The lowest BCUT2D eigenvalue weighted by molar-refractivity contribution is -0.143. The quantitative estimate of drug-likeness (QED) is 0.328. The fraction of sp³-hybridized carbons (Fsp3) is 0.500. The molecular weight excluding hydrogens is 358 g/mol. The fourth-order valence-corrected chi connectivity index (χ4v) is 2.26. The molecule has 0 aliphatic rings. The Hall–Kier alpha value is -2.49. The highest BCUT2D eigenvalue weighted by Gasteiger charge is 2.24. The minimum Gasteiger partial charge on any atom is -0.481 e. The molecule has 2 atom stereocenters. The van der Waals surface area contributed by atoms with Crippen molar-refractivity contribution in [2.75, 3.05) is 33.5 Å². The number of rotatable bonds is 13. The third kappa shape index (κ3) is 8.63. The van der Waals surface area contributed by atoms with Crippen LogP contribution in [-0.2, 0) is 30.2 Å². The zero-order chi connectivity index (χ0) is 20.2. The number of carboxylic acids is 2. The molecule has 1 aromatic carbocycles. The van der Waals surface area contributed by atoms with E-state index in [2.05, 4.69) is 0 Å². The van der Waals surface area contributed by atoms with Gasteiger partial charge in [0, 0.05) is 7.11 Å². The second-order valence-corrected chi connectivity index (χ2v) is 5.86. The van der Waals surface area contributed by atoms with Gasteiger partial charge in [0.1, 0.15) is 12.6 Å². The lowest BCUT2D eigenvalue weighted by Crippen LogP contribution is -2.35. The van der Waals surface area contributed by atoms with E-state index >= 15 is 0 Å². The van der Waals surface area contributed by atoms with Crippen LogP contribution in [0.15, 0.2) is 24.3 Å². The molecular formula is C18H25NO8. The van der Waals surface area contributed by atoms with Crippen molar-refractivity contribution in [2.45, 2.75) is 18.9 Å². The molecule has 150 valence electrons. The van der Waals surface area contributed by atoms with E-state index in [1.165, 1.54) is 12.1 Å². The standard InChI is InChI=1S/C18H25NO8/c1-25-6-7-26-8-9-27-18(24)13-4-2-12(3-5-13)10-14(16(20)21)11-15(19)17(22)23/h2-5,14-15H,6-11,19H2,1H3,(H,20,21)(H,22,23)/t14?,15-/m0/s1. The molecule has 0 radical (unpaired) electrons. The van der Waals surface area contributed by atoms with E-state index in [0.29, 0.717) is 24.3 Å². The number of aliphatic carboxylic acids is 2. The molecule has 27 heavy (non-hydrogen) atoms. The summed E-state index contributed by atoms with van der Waals surface area (Å²) < 4.78 is 15.1. The molecule has 0 saturated heterocycles. The van der Waals surface area contributed by atoms with Crippen LogP contribution in [0.2, 0.25) is 0 Å². The van der Waals surface area contributed by atoms with Crippen molar-refractivity contribution >= 4 is 17.9 Å². The van der Waals surface area contributed by atoms with E-state index in [1.807, 2.05) is 0 Å². The van der Waals surface area contributed by atoms with Crippen molar-refractivity contribution < 1.29 is 38.8 Å². The van der Waals surface area contributed by atoms with Gasteiger partial charge in [0.25, 0.3) is 0 Å². The van der Waals surface area contributed by atoms with E-state index in [4.69, 9.17) is 25.1 Å². The van der Waals surface area contributed by atoms with Crippen LogP contribution in [-0.4, -0.2) is 67.7 Å². The van der Waals surface area contributed by atoms with Crippen LogP contribution >= 0.6 is 0 Å². The first-order valence-corrected chi connectivity index (χ1v) is 8.39.